The summed E-state index contributed by atoms with van der Waals surface area (Å²) in [6, 6.07) is 13.4. The molecule has 6 heteroatoms. The Bertz CT molecular complexity index is 777. The van der Waals surface area contributed by atoms with Crippen LogP contribution < -0.4 is 15.4 Å². The molecule has 2 N–H and O–H groups in total. The van der Waals surface area contributed by atoms with Crippen LogP contribution in [0.15, 0.2) is 48.5 Å². The minimum absolute atomic E-state index is 0.0149. The Morgan fingerprint density at radius 2 is 1.78 bits per heavy atom. The van der Waals surface area contributed by atoms with Crippen molar-refractivity contribution in [1.82, 2.24) is 10.6 Å². The highest BCUT2D eigenvalue weighted by molar-refractivity contribution is 6.30. The van der Waals surface area contributed by atoms with Crippen LogP contribution in [-0.4, -0.2) is 25.0 Å². The maximum absolute atomic E-state index is 12.7. The van der Waals surface area contributed by atoms with E-state index < -0.39 is 6.04 Å². The number of hydrogen-bond donors (Lipinski definition) is 2. The van der Waals surface area contributed by atoms with Crippen LogP contribution in [0.1, 0.15) is 36.2 Å². The smallest absolute Gasteiger partial charge is 0.251 e. The zero-order chi connectivity index (χ0) is 19.8. The van der Waals surface area contributed by atoms with Crippen molar-refractivity contribution < 1.29 is 14.3 Å². The molecule has 0 bridgehead atoms. The van der Waals surface area contributed by atoms with Gasteiger partial charge in [0.25, 0.3) is 5.91 Å². The highest BCUT2D eigenvalue weighted by Crippen LogP contribution is 2.17. The molecule has 0 aliphatic rings. The number of hydrogen-bond acceptors (Lipinski definition) is 3. The molecule has 0 aliphatic carbocycles. The molecule has 0 saturated carbocycles. The molecule has 0 saturated heterocycles. The van der Waals surface area contributed by atoms with Crippen molar-refractivity contribution in [2.45, 2.75) is 32.9 Å². The van der Waals surface area contributed by atoms with Crippen LogP contribution in [0.2, 0.25) is 5.02 Å². The number of para-hydroxylation sites is 1. The molecule has 0 aliphatic heterocycles. The van der Waals surface area contributed by atoms with Gasteiger partial charge in [0.15, 0.2) is 0 Å². The van der Waals surface area contributed by atoms with Gasteiger partial charge in [-0.3, -0.25) is 9.59 Å². The minimum atomic E-state index is -0.632. The van der Waals surface area contributed by atoms with E-state index in [9.17, 15) is 9.59 Å². The van der Waals surface area contributed by atoms with Gasteiger partial charge in [-0.2, -0.15) is 0 Å². The van der Waals surface area contributed by atoms with E-state index in [-0.39, 0.29) is 17.7 Å². The lowest BCUT2D eigenvalue weighted by Gasteiger charge is -2.24. The van der Waals surface area contributed by atoms with Gasteiger partial charge in [0.2, 0.25) is 5.91 Å². The number of ether oxygens (including phenoxy) is 1. The summed E-state index contributed by atoms with van der Waals surface area (Å²) in [5.41, 5.74) is 1.34. The summed E-state index contributed by atoms with van der Waals surface area (Å²) in [4.78, 5) is 25.3. The number of carbonyl (C=O) groups excluding carboxylic acids is 2. The lowest BCUT2D eigenvalue weighted by Crippen LogP contribution is -2.50. The molecular weight excluding hydrogens is 364 g/mol. The lowest BCUT2D eigenvalue weighted by molar-refractivity contribution is -0.124. The molecule has 2 rings (SSSR count). The first kappa shape index (κ1) is 20.8. The van der Waals surface area contributed by atoms with E-state index in [1.165, 1.54) is 0 Å². The van der Waals surface area contributed by atoms with Gasteiger partial charge in [0.1, 0.15) is 11.8 Å². The monoisotopic (exact) mass is 388 g/mol. The molecule has 0 spiro atoms. The molecule has 2 amide bonds. The SMILES string of the molecule is CCC(C)C(NC(=O)c1ccc(Cl)cc1)C(=O)NCc1ccccc1OC. The molecule has 5 nitrogen and oxygen atoms in total. The summed E-state index contributed by atoms with van der Waals surface area (Å²) < 4.78 is 5.31. The maximum Gasteiger partial charge on any atom is 0.251 e. The molecule has 0 aromatic heterocycles. The van der Waals surface area contributed by atoms with Gasteiger partial charge < -0.3 is 15.4 Å². The number of benzene rings is 2. The highest BCUT2D eigenvalue weighted by Gasteiger charge is 2.26. The number of amides is 2. The average Bonchev–Trinajstić information content (AvgIpc) is 2.70. The van der Waals surface area contributed by atoms with Gasteiger partial charge in [0, 0.05) is 22.7 Å². The first-order chi connectivity index (χ1) is 13.0. The van der Waals surface area contributed by atoms with E-state index in [1.807, 2.05) is 38.1 Å². The van der Waals surface area contributed by atoms with Crippen molar-refractivity contribution in [3.8, 4) is 5.75 Å². The Labute approximate surface area is 165 Å². The fraction of sp³-hybridized carbons (Fsp3) is 0.333. The minimum Gasteiger partial charge on any atom is -0.496 e. The highest BCUT2D eigenvalue weighted by atomic mass is 35.5. The van der Waals surface area contributed by atoms with Gasteiger partial charge >= 0.3 is 0 Å². The topological polar surface area (TPSA) is 67.4 Å². The van der Waals surface area contributed by atoms with Crippen molar-refractivity contribution in [3.63, 3.8) is 0 Å². The number of methoxy groups -OCH3 is 1. The van der Waals surface area contributed by atoms with Gasteiger partial charge in [-0.1, -0.05) is 50.1 Å². The predicted octanol–water partition coefficient (Wildman–Crippen LogP) is 3.81. The van der Waals surface area contributed by atoms with Crippen molar-refractivity contribution in [2.24, 2.45) is 5.92 Å². The fourth-order valence-electron chi connectivity index (χ4n) is 2.67. The molecule has 2 unspecified atom stereocenters. The largest absolute Gasteiger partial charge is 0.496 e. The first-order valence-corrected chi connectivity index (χ1v) is 9.30. The summed E-state index contributed by atoms with van der Waals surface area (Å²) in [7, 11) is 1.59. The van der Waals surface area contributed by atoms with Crippen molar-refractivity contribution in [1.29, 1.82) is 0 Å². The van der Waals surface area contributed by atoms with Crippen molar-refractivity contribution >= 4 is 23.4 Å². The fourth-order valence-corrected chi connectivity index (χ4v) is 2.80. The summed E-state index contributed by atoms with van der Waals surface area (Å²) in [6.45, 7) is 4.25. The predicted molar refractivity (Wildman–Crippen MR) is 107 cm³/mol. The van der Waals surface area contributed by atoms with Crippen LogP contribution in [0.25, 0.3) is 0 Å². The van der Waals surface area contributed by atoms with Crippen LogP contribution in [0.3, 0.4) is 0 Å². The van der Waals surface area contributed by atoms with E-state index >= 15 is 0 Å². The molecule has 2 atom stereocenters. The molecular formula is C21H25ClN2O3. The molecule has 0 fully saturated rings. The zero-order valence-electron chi connectivity index (χ0n) is 15.8. The maximum atomic E-state index is 12.7. The van der Waals surface area contributed by atoms with E-state index in [4.69, 9.17) is 16.3 Å². The van der Waals surface area contributed by atoms with Gasteiger partial charge in [-0.05, 0) is 36.2 Å². The van der Waals surface area contributed by atoms with Gasteiger partial charge in [-0.15, -0.1) is 0 Å². The molecule has 2 aromatic rings. The second kappa shape index (κ2) is 9.97. The Kier molecular flexibility index (Phi) is 7.67. The van der Waals surface area contributed by atoms with Crippen molar-refractivity contribution in [2.75, 3.05) is 7.11 Å². The lowest BCUT2D eigenvalue weighted by atomic mass is 9.97. The third kappa shape index (κ3) is 5.73. The number of rotatable bonds is 8. The third-order valence-corrected chi connectivity index (χ3v) is 4.79. The zero-order valence-corrected chi connectivity index (χ0v) is 16.5. The molecule has 0 heterocycles. The standard InChI is InChI=1S/C21H25ClN2O3/c1-4-14(2)19(24-20(25)15-9-11-17(22)12-10-15)21(26)23-13-16-7-5-6-8-18(16)27-3/h5-12,14,19H,4,13H2,1-3H3,(H,23,26)(H,24,25). The summed E-state index contributed by atoms with van der Waals surface area (Å²) >= 11 is 5.86. The Balaban J connectivity index is 2.07. The number of nitrogens with one attached hydrogen (secondary N) is 2. The number of halogens is 1. The van der Waals surface area contributed by atoms with Gasteiger partial charge in [0.05, 0.1) is 7.11 Å². The van der Waals surface area contributed by atoms with E-state index in [2.05, 4.69) is 10.6 Å². The van der Waals surface area contributed by atoms with Crippen molar-refractivity contribution in [3.05, 3.63) is 64.7 Å². The van der Waals surface area contributed by atoms with Crippen LogP contribution in [0, 0.1) is 5.92 Å². The summed E-state index contributed by atoms with van der Waals surface area (Å²) in [5.74, 6) is 0.170. The average molecular weight is 389 g/mol. The van der Waals surface area contributed by atoms with Gasteiger partial charge in [-0.25, -0.2) is 0 Å². The van der Waals surface area contributed by atoms with Crippen LogP contribution in [-0.2, 0) is 11.3 Å². The molecule has 27 heavy (non-hydrogen) atoms. The second-order valence-corrected chi connectivity index (χ2v) is 6.81. The third-order valence-electron chi connectivity index (χ3n) is 4.53. The molecule has 2 aromatic carbocycles. The first-order valence-electron chi connectivity index (χ1n) is 8.92. The van der Waals surface area contributed by atoms with Crippen LogP contribution in [0.5, 0.6) is 5.75 Å². The molecule has 0 radical (unpaired) electrons. The Hall–Kier alpha value is -2.53. The Morgan fingerprint density at radius 1 is 1.11 bits per heavy atom. The van der Waals surface area contributed by atoms with Crippen LogP contribution in [0.4, 0.5) is 0 Å². The summed E-state index contributed by atoms with van der Waals surface area (Å²) in [6.07, 6.45) is 0.758. The molecule has 144 valence electrons. The van der Waals surface area contributed by atoms with E-state index in [0.29, 0.717) is 22.9 Å². The number of carbonyl (C=O) groups is 2. The quantitative estimate of drug-likeness (QED) is 0.722. The van der Waals surface area contributed by atoms with E-state index in [0.717, 1.165) is 12.0 Å². The summed E-state index contributed by atoms with van der Waals surface area (Å²) in [5, 5.41) is 6.30. The normalized spacial score (nSPS) is 12.7. The van der Waals surface area contributed by atoms with Crippen LogP contribution >= 0.6 is 11.6 Å². The van der Waals surface area contributed by atoms with E-state index in [1.54, 1.807) is 31.4 Å². The second-order valence-electron chi connectivity index (χ2n) is 6.37. The Morgan fingerprint density at radius 3 is 2.41 bits per heavy atom.